The summed E-state index contributed by atoms with van der Waals surface area (Å²) in [7, 11) is 0. The topological polar surface area (TPSA) is 45.6 Å². The summed E-state index contributed by atoms with van der Waals surface area (Å²) in [6.07, 6.45) is 4.97. The second-order valence-electron chi connectivity index (χ2n) is 8.69. The summed E-state index contributed by atoms with van der Waals surface area (Å²) in [5.74, 6) is 2.18. The second kappa shape index (κ2) is 8.96. The summed E-state index contributed by atoms with van der Waals surface area (Å²) in [6.45, 7) is 2.21. The second-order valence-corrected chi connectivity index (χ2v) is 10.9. The molecule has 0 aliphatic carbocycles. The molecule has 1 saturated heterocycles. The van der Waals surface area contributed by atoms with Crippen LogP contribution < -0.4 is 0 Å². The van der Waals surface area contributed by atoms with Gasteiger partial charge in [-0.25, -0.2) is 0 Å². The molecule has 5 nitrogen and oxygen atoms in total. The largest absolute Gasteiger partial charge is 0.335 e. The zero-order valence-electron chi connectivity index (χ0n) is 18.8. The molecule has 2 aromatic carbocycles. The van der Waals surface area contributed by atoms with E-state index in [9.17, 15) is 9.59 Å². The number of carbonyl (C=O) groups is 2. The Labute approximate surface area is 207 Å². The van der Waals surface area contributed by atoms with Crippen LogP contribution in [-0.4, -0.2) is 58.1 Å². The fourth-order valence-electron chi connectivity index (χ4n) is 4.94. The highest BCUT2D eigenvalue weighted by Crippen LogP contribution is 2.39. The number of hydrogen-bond acceptors (Lipinski definition) is 4. The van der Waals surface area contributed by atoms with Crippen molar-refractivity contribution >= 4 is 45.7 Å². The average molecular weight is 488 g/mol. The van der Waals surface area contributed by atoms with Gasteiger partial charge in [-0.3, -0.25) is 9.59 Å². The number of amides is 2. The van der Waals surface area contributed by atoms with Crippen LogP contribution in [0.25, 0.3) is 15.8 Å². The average Bonchev–Trinajstić information content (AvgIpc) is 3.56. The van der Waals surface area contributed by atoms with Crippen molar-refractivity contribution in [1.82, 2.24) is 14.4 Å². The molecule has 172 valence electrons. The van der Waals surface area contributed by atoms with Crippen molar-refractivity contribution in [3.8, 4) is 5.00 Å². The number of rotatable bonds is 3. The van der Waals surface area contributed by atoms with Crippen molar-refractivity contribution in [2.75, 3.05) is 31.9 Å². The maximum Gasteiger partial charge on any atom is 0.257 e. The van der Waals surface area contributed by atoms with Crippen LogP contribution >= 0.6 is 23.1 Å². The lowest BCUT2D eigenvalue weighted by atomic mass is 10.0. The van der Waals surface area contributed by atoms with Gasteiger partial charge in [-0.15, -0.1) is 11.3 Å². The van der Waals surface area contributed by atoms with E-state index in [0.29, 0.717) is 26.2 Å². The van der Waals surface area contributed by atoms with E-state index in [1.54, 1.807) is 11.3 Å². The maximum atomic E-state index is 13.8. The minimum absolute atomic E-state index is 0.0434. The number of aromatic nitrogens is 1. The fraction of sp³-hybridized carbons (Fsp3) is 0.259. The number of carbonyl (C=O) groups excluding carboxylic acids is 2. The van der Waals surface area contributed by atoms with Crippen LogP contribution in [0.15, 0.2) is 67.0 Å². The molecule has 4 aromatic rings. The summed E-state index contributed by atoms with van der Waals surface area (Å²) in [5.41, 5.74) is 2.83. The van der Waals surface area contributed by atoms with E-state index in [2.05, 4.69) is 4.57 Å². The first-order valence-electron chi connectivity index (χ1n) is 11.6. The summed E-state index contributed by atoms with van der Waals surface area (Å²) in [4.78, 5) is 32.3. The van der Waals surface area contributed by atoms with E-state index in [1.807, 2.05) is 88.6 Å². The molecule has 0 atom stereocenters. The molecule has 6 rings (SSSR count). The molecule has 0 spiro atoms. The van der Waals surface area contributed by atoms with Crippen LogP contribution in [0.3, 0.4) is 0 Å². The van der Waals surface area contributed by atoms with E-state index in [-0.39, 0.29) is 11.8 Å². The van der Waals surface area contributed by atoms with Gasteiger partial charge in [0.2, 0.25) is 0 Å². The first-order chi connectivity index (χ1) is 16.7. The number of benzene rings is 2. The van der Waals surface area contributed by atoms with E-state index in [0.717, 1.165) is 44.8 Å². The quantitative estimate of drug-likeness (QED) is 0.405. The van der Waals surface area contributed by atoms with E-state index >= 15 is 0 Å². The molecule has 4 heterocycles. The Morgan fingerprint density at radius 1 is 0.794 bits per heavy atom. The monoisotopic (exact) mass is 487 g/mol. The highest BCUT2D eigenvalue weighted by molar-refractivity contribution is 7.98. The van der Waals surface area contributed by atoms with Crippen molar-refractivity contribution in [1.29, 1.82) is 0 Å². The van der Waals surface area contributed by atoms with Crippen molar-refractivity contribution in [2.24, 2.45) is 0 Å². The summed E-state index contributed by atoms with van der Waals surface area (Å²) >= 11 is 3.68. The molecule has 0 N–H and O–H groups in total. The van der Waals surface area contributed by atoms with Crippen LogP contribution in [0, 0.1) is 0 Å². The highest BCUT2D eigenvalue weighted by Gasteiger charge is 2.32. The Morgan fingerprint density at radius 3 is 2.29 bits per heavy atom. The molecule has 0 radical (unpaired) electrons. The number of thiophene rings is 1. The molecular formula is C27H25N3O2S2. The van der Waals surface area contributed by atoms with Crippen molar-refractivity contribution < 1.29 is 9.59 Å². The molecule has 2 aromatic heterocycles. The molecule has 0 saturated carbocycles. The lowest BCUT2D eigenvalue weighted by Crippen LogP contribution is -2.50. The number of piperazine rings is 1. The van der Waals surface area contributed by atoms with E-state index < -0.39 is 0 Å². The number of nitrogens with zero attached hydrogens (tertiary/aromatic N) is 3. The Hall–Kier alpha value is -3.03. The van der Waals surface area contributed by atoms with Gasteiger partial charge < -0.3 is 14.4 Å². The Morgan fingerprint density at radius 2 is 1.50 bits per heavy atom. The highest BCUT2D eigenvalue weighted by atomic mass is 32.2. The zero-order chi connectivity index (χ0) is 23.1. The smallest absolute Gasteiger partial charge is 0.257 e. The first kappa shape index (κ1) is 21.5. The summed E-state index contributed by atoms with van der Waals surface area (Å²) in [5, 5.41) is 3.07. The minimum atomic E-state index is 0.0434. The van der Waals surface area contributed by atoms with Gasteiger partial charge in [0.1, 0.15) is 5.00 Å². The number of hydrogen-bond donors (Lipinski definition) is 0. The zero-order valence-corrected chi connectivity index (χ0v) is 20.4. The van der Waals surface area contributed by atoms with Gasteiger partial charge >= 0.3 is 0 Å². The van der Waals surface area contributed by atoms with Crippen molar-refractivity contribution in [2.45, 2.75) is 12.2 Å². The molecule has 0 unspecified atom stereocenters. The molecule has 0 bridgehead atoms. The van der Waals surface area contributed by atoms with Crippen LogP contribution in [0.2, 0.25) is 0 Å². The molecular weight excluding hydrogens is 462 g/mol. The fourth-order valence-corrected chi connectivity index (χ4v) is 7.38. The first-order valence-corrected chi connectivity index (χ1v) is 13.6. The SMILES string of the molecule is O=C(c1c(-n2cccc2)sc2c1CCSC2)N1CCN(C(=O)c2cccc3ccccc23)CC1. The Balaban J connectivity index is 1.23. The number of thioether (sulfide) groups is 1. The van der Waals surface area contributed by atoms with Crippen molar-refractivity contribution in [3.05, 3.63) is 88.6 Å². The molecule has 34 heavy (non-hydrogen) atoms. The van der Waals surface area contributed by atoms with Crippen LogP contribution in [0.4, 0.5) is 0 Å². The molecule has 2 aliphatic heterocycles. The van der Waals surface area contributed by atoms with Gasteiger partial charge in [-0.2, -0.15) is 11.8 Å². The predicted molar refractivity (Wildman–Crippen MR) is 139 cm³/mol. The summed E-state index contributed by atoms with van der Waals surface area (Å²) in [6, 6.07) is 17.9. The lowest BCUT2D eigenvalue weighted by molar-refractivity contribution is 0.0536. The third kappa shape index (κ3) is 3.73. The third-order valence-electron chi connectivity index (χ3n) is 6.73. The summed E-state index contributed by atoms with van der Waals surface area (Å²) < 4.78 is 2.07. The Kier molecular flexibility index (Phi) is 5.67. The molecule has 2 aliphatic rings. The van der Waals surface area contributed by atoms with Gasteiger partial charge in [0.05, 0.1) is 5.56 Å². The number of fused-ring (bicyclic) bond motifs is 2. The van der Waals surface area contributed by atoms with Gasteiger partial charge in [0, 0.05) is 54.8 Å². The van der Waals surface area contributed by atoms with E-state index in [1.165, 1.54) is 10.4 Å². The molecule has 2 amide bonds. The Bertz CT molecular complexity index is 1360. The lowest BCUT2D eigenvalue weighted by Gasteiger charge is -2.35. The van der Waals surface area contributed by atoms with Gasteiger partial charge in [0.15, 0.2) is 0 Å². The van der Waals surface area contributed by atoms with Crippen molar-refractivity contribution in [3.63, 3.8) is 0 Å². The third-order valence-corrected chi connectivity index (χ3v) is 9.14. The van der Waals surface area contributed by atoms with Crippen LogP contribution in [0.5, 0.6) is 0 Å². The maximum absolute atomic E-state index is 13.8. The van der Waals surface area contributed by atoms with E-state index in [4.69, 9.17) is 0 Å². The normalized spacial score (nSPS) is 16.0. The van der Waals surface area contributed by atoms with Gasteiger partial charge in [-0.05, 0) is 46.7 Å². The molecule has 1 fully saturated rings. The minimum Gasteiger partial charge on any atom is -0.335 e. The van der Waals surface area contributed by atoms with Crippen LogP contribution in [0.1, 0.15) is 31.2 Å². The van der Waals surface area contributed by atoms with Crippen LogP contribution in [-0.2, 0) is 12.2 Å². The molecule has 7 heteroatoms. The van der Waals surface area contributed by atoms with Gasteiger partial charge in [0.25, 0.3) is 11.8 Å². The predicted octanol–water partition coefficient (Wildman–Crippen LogP) is 5.08. The standard InChI is InChI=1S/C27H25N3O2S2/c31-25(21-9-5-7-19-6-1-2-8-20(19)21)28-13-15-29(16-14-28)26(32)24-22-10-17-33-18-23(22)34-27(24)30-11-3-4-12-30/h1-9,11-12H,10,13-18H2. The van der Waals surface area contributed by atoms with Gasteiger partial charge in [-0.1, -0.05) is 36.4 Å².